The van der Waals surface area contributed by atoms with E-state index in [1.807, 2.05) is 12.1 Å². The second kappa shape index (κ2) is 21.5. The summed E-state index contributed by atoms with van der Waals surface area (Å²) >= 11 is 0. The van der Waals surface area contributed by atoms with Gasteiger partial charge >= 0.3 is 5.97 Å². The first-order valence-corrected chi connectivity index (χ1v) is 13.8. The first kappa shape index (κ1) is 28.7. The lowest BCUT2D eigenvalue weighted by Gasteiger charge is -2.11. The molecule has 0 spiro atoms. The molecule has 0 N–H and O–H groups in total. The van der Waals surface area contributed by atoms with Crippen LogP contribution in [-0.4, -0.2) is 11.0 Å². The summed E-state index contributed by atoms with van der Waals surface area (Å²) in [6.45, 7) is 5.08. The van der Waals surface area contributed by atoms with Gasteiger partial charge in [0.25, 0.3) is 0 Å². The first-order valence-electron chi connectivity index (χ1n) is 13.8. The van der Waals surface area contributed by atoms with Crippen LogP contribution in [0.2, 0.25) is 0 Å². The Morgan fingerprint density at radius 3 is 1.88 bits per heavy atom. The molecule has 3 nitrogen and oxygen atoms in total. The van der Waals surface area contributed by atoms with Gasteiger partial charge < -0.3 is 4.74 Å². The zero-order valence-electron chi connectivity index (χ0n) is 21.3. The molecule has 1 rings (SSSR count). The molecule has 0 aliphatic rings. The number of esters is 1. The van der Waals surface area contributed by atoms with E-state index in [-0.39, 0.29) is 5.97 Å². The zero-order chi connectivity index (χ0) is 23.1. The molecule has 0 radical (unpaired) electrons. The Bertz CT molecular complexity index is 531. The molecule has 0 fully saturated rings. The Morgan fingerprint density at radius 2 is 1.34 bits per heavy atom. The number of hydrogen-bond donors (Lipinski definition) is 0. The van der Waals surface area contributed by atoms with Crippen molar-refractivity contribution in [3.05, 3.63) is 30.1 Å². The molecular weight excluding hydrogens is 394 g/mol. The molecule has 3 heteroatoms. The summed E-state index contributed by atoms with van der Waals surface area (Å²) in [5.41, 5.74) is 0.948. The number of aromatic nitrogens is 1. The van der Waals surface area contributed by atoms with Crippen LogP contribution in [0.5, 0.6) is 0 Å². The summed E-state index contributed by atoms with van der Waals surface area (Å²) in [5, 5.41) is 0. The molecule has 0 saturated carbocycles. The third-order valence-electron chi connectivity index (χ3n) is 6.50. The summed E-state index contributed by atoms with van der Waals surface area (Å²) < 4.78 is 5.29. The number of carbonyl (C=O) groups excluding carboxylic acids is 1. The number of nitrogens with zero attached hydrogens (tertiary/aromatic N) is 1. The van der Waals surface area contributed by atoms with Crippen molar-refractivity contribution >= 4 is 5.97 Å². The van der Waals surface area contributed by atoms with Crippen LogP contribution in [0.3, 0.4) is 0 Å². The van der Waals surface area contributed by atoms with Crippen LogP contribution in [0.4, 0.5) is 0 Å². The Kier molecular flexibility index (Phi) is 19.2. The van der Waals surface area contributed by atoms with E-state index in [1.54, 1.807) is 12.4 Å². The lowest BCUT2D eigenvalue weighted by molar-refractivity contribution is -0.145. The lowest BCUT2D eigenvalue weighted by Crippen LogP contribution is -2.04. The van der Waals surface area contributed by atoms with Crippen LogP contribution in [0.15, 0.2) is 24.5 Å². The van der Waals surface area contributed by atoms with Gasteiger partial charge in [0, 0.05) is 24.4 Å². The molecule has 184 valence electrons. The Balaban J connectivity index is 1.76. The van der Waals surface area contributed by atoms with Gasteiger partial charge in [0.2, 0.25) is 0 Å². The van der Waals surface area contributed by atoms with Crippen molar-refractivity contribution in [2.75, 3.05) is 0 Å². The van der Waals surface area contributed by atoms with Gasteiger partial charge in [-0.05, 0) is 18.4 Å². The Hall–Kier alpha value is -1.38. The number of carbonyl (C=O) groups is 1. The molecule has 1 heterocycles. The monoisotopic (exact) mass is 445 g/mol. The SMILES string of the molecule is CCCCCCCC(C)CCCCCCCCCCCCCC(=O)OCc1cccnc1. The first-order chi connectivity index (χ1) is 15.7. The molecule has 32 heavy (non-hydrogen) atoms. The van der Waals surface area contributed by atoms with Crippen molar-refractivity contribution < 1.29 is 9.53 Å². The highest BCUT2D eigenvalue weighted by molar-refractivity contribution is 5.69. The van der Waals surface area contributed by atoms with Gasteiger partial charge in [0.05, 0.1) is 0 Å². The van der Waals surface area contributed by atoms with Crippen molar-refractivity contribution in [1.82, 2.24) is 4.98 Å². The molecule has 1 atom stereocenters. The maximum atomic E-state index is 11.8. The smallest absolute Gasteiger partial charge is 0.306 e. The van der Waals surface area contributed by atoms with E-state index < -0.39 is 0 Å². The van der Waals surface area contributed by atoms with E-state index >= 15 is 0 Å². The minimum Gasteiger partial charge on any atom is -0.461 e. The fourth-order valence-electron chi connectivity index (χ4n) is 4.31. The van der Waals surface area contributed by atoms with Crippen LogP contribution in [0.1, 0.15) is 141 Å². The van der Waals surface area contributed by atoms with E-state index in [9.17, 15) is 4.79 Å². The van der Waals surface area contributed by atoms with E-state index in [4.69, 9.17) is 4.74 Å². The molecule has 1 aromatic heterocycles. The van der Waals surface area contributed by atoms with Crippen molar-refractivity contribution in [2.24, 2.45) is 5.92 Å². The maximum absolute atomic E-state index is 11.8. The van der Waals surface area contributed by atoms with Gasteiger partial charge in [-0.15, -0.1) is 0 Å². The zero-order valence-corrected chi connectivity index (χ0v) is 21.3. The van der Waals surface area contributed by atoms with Crippen molar-refractivity contribution in [2.45, 2.75) is 142 Å². The molecule has 0 aliphatic heterocycles. The number of hydrogen-bond acceptors (Lipinski definition) is 3. The van der Waals surface area contributed by atoms with E-state index in [1.165, 1.54) is 103 Å². The quantitative estimate of drug-likeness (QED) is 0.132. The van der Waals surface area contributed by atoms with Crippen molar-refractivity contribution in [3.8, 4) is 0 Å². The van der Waals surface area contributed by atoms with Gasteiger partial charge in [-0.25, -0.2) is 0 Å². The number of rotatable bonds is 22. The summed E-state index contributed by atoms with van der Waals surface area (Å²) in [7, 11) is 0. The third-order valence-corrected chi connectivity index (χ3v) is 6.50. The number of unbranched alkanes of at least 4 members (excludes halogenated alkanes) is 14. The van der Waals surface area contributed by atoms with E-state index in [0.717, 1.165) is 24.3 Å². The predicted octanol–water partition coefficient (Wildman–Crippen LogP) is 9.19. The van der Waals surface area contributed by atoms with Gasteiger partial charge in [0.15, 0.2) is 0 Å². The molecule has 0 bridgehead atoms. The topological polar surface area (TPSA) is 39.2 Å². The lowest BCUT2D eigenvalue weighted by atomic mass is 9.96. The maximum Gasteiger partial charge on any atom is 0.306 e. The summed E-state index contributed by atoms with van der Waals surface area (Å²) in [5.74, 6) is 0.842. The molecule has 0 amide bonds. The van der Waals surface area contributed by atoms with Gasteiger partial charge in [-0.2, -0.15) is 0 Å². The Labute approximate surface area is 199 Å². The molecule has 1 unspecified atom stereocenters. The molecule has 1 aromatic rings. The van der Waals surface area contributed by atoms with Crippen molar-refractivity contribution in [1.29, 1.82) is 0 Å². The minimum absolute atomic E-state index is 0.0878. The highest BCUT2D eigenvalue weighted by Crippen LogP contribution is 2.18. The van der Waals surface area contributed by atoms with Crippen LogP contribution in [0.25, 0.3) is 0 Å². The molecular formula is C29H51NO2. The summed E-state index contributed by atoms with van der Waals surface area (Å²) in [6.07, 6.45) is 28.4. The number of pyridine rings is 1. The van der Waals surface area contributed by atoms with Crippen LogP contribution in [-0.2, 0) is 16.1 Å². The van der Waals surface area contributed by atoms with E-state index in [0.29, 0.717) is 13.0 Å². The largest absolute Gasteiger partial charge is 0.461 e. The third kappa shape index (κ3) is 18.2. The van der Waals surface area contributed by atoms with Crippen molar-refractivity contribution in [3.63, 3.8) is 0 Å². The highest BCUT2D eigenvalue weighted by Gasteiger charge is 2.04. The van der Waals surface area contributed by atoms with E-state index in [2.05, 4.69) is 18.8 Å². The average molecular weight is 446 g/mol. The molecule has 0 aliphatic carbocycles. The summed E-state index contributed by atoms with van der Waals surface area (Å²) in [4.78, 5) is 15.8. The molecule has 0 saturated heterocycles. The normalized spacial score (nSPS) is 12.1. The highest BCUT2D eigenvalue weighted by atomic mass is 16.5. The second-order valence-corrected chi connectivity index (χ2v) is 9.76. The minimum atomic E-state index is -0.0878. The van der Waals surface area contributed by atoms with Gasteiger partial charge in [-0.3, -0.25) is 9.78 Å². The number of ether oxygens (including phenoxy) is 1. The fourth-order valence-corrected chi connectivity index (χ4v) is 4.31. The predicted molar refractivity (Wildman–Crippen MR) is 137 cm³/mol. The standard InChI is InChI=1S/C29H51NO2/c1-3-4-5-13-16-20-27(2)21-17-14-11-9-7-6-8-10-12-15-18-23-29(31)32-26-28-22-19-24-30-25-28/h19,22,24-25,27H,3-18,20-21,23,26H2,1-2H3. The van der Waals surface area contributed by atoms with Crippen LogP contribution >= 0.6 is 0 Å². The molecule has 0 aromatic carbocycles. The van der Waals surface area contributed by atoms with Crippen LogP contribution in [0, 0.1) is 5.92 Å². The van der Waals surface area contributed by atoms with Gasteiger partial charge in [-0.1, -0.05) is 129 Å². The Morgan fingerprint density at radius 1 is 0.812 bits per heavy atom. The average Bonchev–Trinajstić information content (AvgIpc) is 2.81. The van der Waals surface area contributed by atoms with Gasteiger partial charge in [0.1, 0.15) is 6.61 Å². The van der Waals surface area contributed by atoms with Crippen LogP contribution < -0.4 is 0 Å². The fraction of sp³-hybridized carbons (Fsp3) is 0.793. The second-order valence-electron chi connectivity index (χ2n) is 9.76. The summed E-state index contributed by atoms with van der Waals surface area (Å²) in [6, 6.07) is 3.79.